The molecule has 0 spiro atoms. The summed E-state index contributed by atoms with van der Waals surface area (Å²) in [6.07, 6.45) is 2.77. The van der Waals surface area contributed by atoms with Gasteiger partial charge in [-0.3, -0.25) is 4.79 Å². The minimum atomic E-state index is 0.148. The van der Waals surface area contributed by atoms with Gasteiger partial charge in [0.05, 0.1) is 0 Å². The van der Waals surface area contributed by atoms with E-state index in [0.29, 0.717) is 12.3 Å². The van der Waals surface area contributed by atoms with Crippen molar-refractivity contribution in [1.82, 2.24) is 10.6 Å². The van der Waals surface area contributed by atoms with Crippen LogP contribution < -0.4 is 10.6 Å². The van der Waals surface area contributed by atoms with Crippen molar-refractivity contribution in [1.29, 1.82) is 0 Å². The normalized spacial score (nSPS) is 20.5. The lowest BCUT2D eigenvalue weighted by Crippen LogP contribution is -2.29. The maximum atomic E-state index is 11.3. The highest BCUT2D eigenvalue weighted by Crippen LogP contribution is 2.14. The molecule has 4 nitrogen and oxygen atoms in total. The minimum Gasteiger partial charge on any atom is -0.381 e. The first-order valence-electron chi connectivity index (χ1n) is 5.88. The van der Waals surface area contributed by atoms with Gasteiger partial charge in [-0.05, 0) is 25.3 Å². The fourth-order valence-corrected chi connectivity index (χ4v) is 1.69. The van der Waals surface area contributed by atoms with Crippen LogP contribution in [-0.2, 0) is 9.53 Å². The van der Waals surface area contributed by atoms with Gasteiger partial charge in [-0.2, -0.15) is 0 Å². The highest BCUT2D eigenvalue weighted by Gasteiger charge is 2.14. The highest BCUT2D eigenvalue weighted by atomic mass is 16.5. The molecule has 1 heterocycles. The van der Waals surface area contributed by atoms with E-state index in [4.69, 9.17) is 4.74 Å². The third-order valence-electron chi connectivity index (χ3n) is 2.68. The lowest BCUT2D eigenvalue weighted by Gasteiger charge is -2.08. The van der Waals surface area contributed by atoms with Gasteiger partial charge in [-0.1, -0.05) is 6.92 Å². The highest BCUT2D eigenvalue weighted by molar-refractivity contribution is 5.75. The van der Waals surface area contributed by atoms with E-state index in [0.717, 1.165) is 45.7 Å². The Labute approximate surface area is 91.8 Å². The molecule has 0 aromatic rings. The summed E-state index contributed by atoms with van der Waals surface area (Å²) in [7, 11) is 0. The molecular weight excluding hydrogens is 192 g/mol. The van der Waals surface area contributed by atoms with E-state index < -0.39 is 0 Å². The molecule has 1 atom stereocenters. The van der Waals surface area contributed by atoms with Crippen LogP contribution in [0.4, 0.5) is 0 Å². The summed E-state index contributed by atoms with van der Waals surface area (Å²) in [5.41, 5.74) is 0. The molecule has 88 valence electrons. The molecule has 1 aliphatic heterocycles. The monoisotopic (exact) mass is 214 g/mol. The molecule has 1 rings (SSSR count). The van der Waals surface area contributed by atoms with Crippen LogP contribution in [0.3, 0.4) is 0 Å². The van der Waals surface area contributed by atoms with Crippen molar-refractivity contribution in [3.05, 3.63) is 0 Å². The van der Waals surface area contributed by atoms with Crippen molar-refractivity contribution in [3.63, 3.8) is 0 Å². The molecule has 0 aromatic heterocycles. The van der Waals surface area contributed by atoms with Crippen molar-refractivity contribution in [2.45, 2.75) is 26.2 Å². The molecule has 1 fully saturated rings. The van der Waals surface area contributed by atoms with Crippen LogP contribution in [-0.4, -0.2) is 38.8 Å². The summed E-state index contributed by atoms with van der Waals surface area (Å²) >= 11 is 0. The number of ether oxygens (including phenoxy) is 1. The summed E-state index contributed by atoms with van der Waals surface area (Å²) in [5.74, 6) is 0.800. The lowest BCUT2D eigenvalue weighted by molar-refractivity contribution is -0.121. The maximum Gasteiger partial charge on any atom is 0.221 e. The molecule has 0 aromatic carbocycles. The number of amides is 1. The molecule has 2 N–H and O–H groups in total. The van der Waals surface area contributed by atoms with Crippen LogP contribution in [0.5, 0.6) is 0 Å². The Hall–Kier alpha value is -0.610. The minimum absolute atomic E-state index is 0.148. The molecule has 15 heavy (non-hydrogen) atoms. The molecule has 0 bridgehead atoms. The maximum absolute atomic E-state index is 11.3. The molecule has 1 amide bonds. The first-order chi connectivity index (χ1) is 7.33. The van der Waals surface area contributed by atoms with Gasteiger partial charge in [0.25, 0.3) is 0 Å². The third kappa shape index (κ3) is 5.74. The third-order valence-corrected chi connectivity index (χ3v) is 2.68. The molecule has 1 unspecified atom stereocenters. The van der Waals surface area contributed by atoms with Crippen molar-refractivity contribution in [2.75, 3.05) is 32.8 Å². The Morgan fingerprint density at radius 1 is 1.47 bits per heavy atom. The summed E-state index contributed by atoms with van der Waals surface area (Å²) in [5, 5.41) is 6.06. The molecule has 1 aliphatic rings. The average molecular weight is 214 g/mol. The number of carbonyl (C=O) groups excluding carboxylic acids is 1. The van der Waals surface area contributed by atoms with Crippen LogP contribution in [0, 0.1) is 5.92 Å². The summed E-state index contributed by atoms with van der Waals surface area (Å²) in [4.78, 5) is 11.3. The van der Waals surface area contributed by atoms with Crippen LogP contribution in [0.15, 0.2) is 0 Å². The Morgan fingerprint density at radius 3 is 3.00 bits per heavy atom. The van der Waals surface area contributed by atoms with Crippen molar-refractivity contribution < 1.29 is 9.53 Å². The first-order valence-corrected chi connectivity index (χ1v) is 5.88. The first kappa shape index (κ1) is 12.5. The van der Waals surface area contributed by atoms with Gasteiger partial charge in [0, 0.05) is 32.7 Å². The Bertz CT molecular complexity index is 179. The molecule has 0 aliphatic carbocycles. The standard InChI is InChI=1S/C11H22N2O2/c1-2-12-6-4-11(14)13-7-3-10-5-8-15-9-10/h10,12H,2-9H2,1H3,(H,13,14). The van der Waals surface area contributed by atoms with E-state index >= 15 is 0 Å². The van der Waals surface area contributed by atoms with E-state index in [-0.39, 0.29) is 5.91 Å². The predicted octanol–water partition coefficient (Wildman–Crippen LogP) is 0.529. The van der Waals surface area contributed by atoms with Crippen LogP contribution >= 0.6 is 0 Å². The number of nitrogens with one attached hydrogen (secondary N) is 2. The second-order valence-electron chi connectivity index (χ2n) is 3.97. The van der Waals surface area contributed by atoms with Gasteiger partial charge in [0.2, 0.25) is 5.91 Å². The zero-order valence-corrected chi connectivity index (χ0v) is 9.55. The van der Waals surface area contributed by atoms with Gasteiger partial charge in [0.1, 0.15) is 0 Å². The zero-order chi connectivity index (χ0) is 10.9. The summed E-state index contributed by atoms with van der Waals surface area (Å²) < 4.78 is 5.27. The van der Waals surface area contributed by atoms with E-state index in [1.54, 1.807) is 0 Å². The van der Waals surface area contributed by atoms with E-state index in [9.17, 15) is 4.79 Å². The number of hydrogen-bond acceptors (Lipinski definition) is 3. The van der Waals surface area contributed by atoms with E-state index in [1.165, 1.54) is 0 Å². The van der Waals surface area contributed by atoms with Gasteiger partial charge in [0.15, 0.2) is 0 Å². The predicted molar refractivity (Wildman–Crippen MR) is 59.7 cm³/mol. The molecular formula is C11H22N2O2. The fourth-order valence-electron chi connectivity index (χ4n) is 1.69. The van der Waals surface area contributed by atoms with Crippen LogP contribution in [0.25, 0.3) is 0 Å². The molecule has 0 saturated carbocycles. The van der Waals surface area contributed by atoms with Gasteiger partial charge in [-0.25, -0.2) is 0 Å². The molecule has 0 radical (unpaired) electrons. The zero-order valence-electron chi connectivity index (χ0n) is 9.55. The van der Waals surface area contributed by atoms with Crippen molar-refractivity contribution >= 4 is 5.91 Å². The van der Waals surface area contributed by atoms with E-state index in [1.807, 2.05) is 6.92 Å². The smallest absolute Gasteiger partial charge is 0.221 e. The lowest BCUT2D eigenvalue weighted by atomic mass is 10.1. The Morgan fingerprint density at radius 2 is 2.33 bits per heavy atom. The summed E-state index contributed by atoms with van der Waals surface area (Å²) in [6.45, 7) is 6.28. The second-order valence-corrected chi connectivity index (χ2v) is 3.97. The SMILES string of the molecule is CCNCCC(=O)NCCC1CCOC1. The number of carbonyl (C=O) groups is 1. The average Bonchev–Trinajstić information content (AvgIpc) is 2.71. The quantitative estimate of drug-likeness (QED) is 0.608. The molecule has 1 saturated heterocycles. The van der Waals surface area contributed by atoms with Crippen LogP contribution in [0.1, 0.15) is 26.2 Å². The summed E-state index contributed by atoms with van der Waals surface area (Å²) in [6, 6.07) is 0. The van der Waals surface area contributed by atoms with Gasteiger partial charge >= 0.3 is 0 Å². The molecule has 4 heteroatoms. The van der Waals surface area contributed by atoms with Crippen molar-refractivity contribution in [3.8, 4) is 0 Å². The second kappa shape index (κ2) is 7.65. The van der Waals surface area contributed by atoms with Crippen molar-refractivity contribution in [2.24, 2.45) is 5.92 Å². The van der Waals surface area contributed by atoms with Crippen LogP contribution in [0.2, 0.25) is 0 Å². The van der Waals surface area contributed by atoms with Gasteiger partial charge < -0.3 is 15.4 Å². The largest absolute Gasteiger partial charge is 0.381 e. The Kier molecular flexibility index (Phi) is 6.36. The topological polar surface area (TPSA) is 50.4 Å². The number of rotatable bonds is 7. The number of hydrogen-bond donors (Lipinski definition) is 2. The fraction of sp³-hybridized carbons (Fsp3) is 0.909. The van der Waals surface area contributed by atoms with E-state index in [2.05, 4.69) is 10.6 Å². The Balaban J connectivity index is 1.91. The van der Waals surface area contributed by atoms with Gasteiger partial charge in [-0.15, -0.1) is 0 Å².